The molecular formula is C15H15ClN2O4. The van der Waals surface area contributed by atoms with Gasteiger partial charge in [-0.05, 0) is 24.1 Å². The number of hydrogen-bond acceptors (Lipinski definition) is 4. The summed E-state index contributed by atoms with van der Waals surface area (Å²) in [6.45, 7) is 1.37. The van der Waals surface area contributed by atoms with E-state index in [1.807, 2.05) is 19.1 Å². The lowest BCUT2D eigenvalue weighted by Gasteiger charge is -2.30. The highest BCUT2D eigenvalue weighted by atomic mass is 35.5. The number of halogens is 1. The summed E-state index contributed by atoms with van der Waals surface area (Å²) < 4.78 is 0. The summed E-state index contributed by atoms with van der Waals surface area (Å²) in [4.78, 5) is 26.1. The standard InChI is InChI=1S/C15H15ClN2O4/c1-15(5-3-2-4-11(15)16)9-6-10(19)13(17-7-9)14(22)18-8-12(20)21/h2-4,6-7,19H,5,8H2,1H3,(H,18,22)(H,20,21). The van der Waals surface area contributed by atoms with E-state index < -0.39 is 23.8 Å². The molecule has 1 unspecified atom stereocenters. The number of carboxylic acid groups (broad SMARTS) is 1. The number of aromatic nitrogens is 1. The van der Waals surface area contributed by atoms with Gasteiger partial charge >= 0.3 is 5.97 Å². The Morgan fingerprint density at radius 1 is 1.50 bits per heavy atom. The van der Waals surface area contributed by atoms with Crippen LogP contribution in [0.25, 0.3) is 0 Å². The fourth-order valence-corrected chi connectivity index (χ4v) is 2.42. The van der Waals surface area contributed by atoms with Gasteiger partial charge in [0.15, 0.2) is 5.69 Å². The first-order valence-electron chi connectivity index (χ1n) is 6.57. The minimum Gasteiger partial charge on any atom is -0.505 e. The molecule has 1 aromatic heterocycles. The average molecular weight is 323 g/mol. The maximum absolute atomic E-state index is 11.8. The highest BCUT2D eigenvalue weighted by Crippen LogP contribution is 2.41. The quantitative estimate of drug-likeness (QED) is 0.786. The second-order valence-corrected chi connectivity index (χ2v) is 5.55. The molecule has 0 bridgehead atoms. The summed E-state index contributed by atoms with van der Waals surface area (Å²) in [5.74, 6) is -2.25. The van der Waals surface area contributed by atoms with Crippen molar-refractivity contribution in [2.24, 2.45) is 0 Å². The minimum atomic E-state index is -1.18. The Hall–Kier alpha value is -2.34. The number of hydrogen-bond donors (Lipinski definition) is 3. The molecule has 1 heterocycles. The molecule has 1 aromatic rings. The highest BCUT2D eigenvalue weighted by Gasteiger charge is 2.32. The molecule has 0 aromatic carbocycles. The fraction of sp³-hybridized carbons (Fsp3) is 0.267. The molecule has 1 atom stereocenters. The van der Waals surface area contributed by atoms with Crippen LogP contribution in [0.3, 0.4) is 0 Å². The summed E-state index contributed by atoms with van der Waals surface area (Å²) in [5.41, 5.74) is -0.0675. The smallest absolute Gasteiger partial charge is 0.322 e. The summed E-state index contributed by atoms with van der Waals surface area (Å²) in [5, 5.41) is 21.3. The monoisotopic (exact) mass is 322 g/mol. The van der Waals surface area contributed by atoms with Crippen molar-refractivity contribution in [3.63, 3.8) is 0 Å². The molecule has 1 aliphatic carbocycles. The van der Waals surface area contributed by atoms with Gasteiger partial charge in [-0.1, -0.05) is 30.7 Å². The maximum Gasteiger partial charge on any atom is 0.322 e. The molecule has 1 aliphatic rings. The van der Waals surface area contributed by atoms with Crippen LogP contribution in [0.5, 0.6) is 5.75 Å². The van der Waals surface area contributed by atoms with Crippen molar-refractivity contribution in [2.45, 2.75) is 18.8 Å². The molecular weight excluding hydrogens is 308 g/mol. The molecule has 0 saturated carbocycles. The number of nitrogens with zero attached hydrogens (tertiary/aromatic N) is 1. The van der Waals surface area contributed by atoms with Gasteiger partial charge in [-0.15, -0.1) is 0 Å². The summed E-state index contributed by atoms with van der Waals surface area (Å²) >= 11 is 6.25. The Balaban J connectivity index is 2.27. The van der Waals surface area contributed by atoms with Crippen LogP contribution in [-0.4, -0.2) is 33.6 Å². The maximum atomic E-state index is 11.8. The third-order valence-corrected chi connectivity index (χ3v) is 4.09. The number of carbonyl (C=O) groups is 2. The molecule has 116 valence electrons. The molecule has 3 N–H and O–H groups in total. The van der Waals surface area contributed by atoms with Gasteiger partial charge in [-0.2, -0.15) is 0 Å². The molecule has 0 saturated heterocycles. The Morgan fingerprint density at radius 2 is 2.23 bits per heavy atom. The number of carboxylic acids is 1. The van der Waals surface area contributed by atoms with Crippen molar-refractivity contribution in [2.75, 3.05) is 6.54 Å². The Labute approximate surface area is 132 Å². The minimum absolute atomic E-state index is 0.222. The van der Waals surface area contributed by atoms with E-state index in [0.29, 0.717) is 17.0 Å². The van der Waals surface area contributed by atoms with Crippen LogP contribution in [0.2, 0.25) is 0 Å². The molecule has 0 aliphatic heterocycles. The van der Waals surface area contributed by atoms with E-state index in [4.69, 9.17) is 16.7 Å². The number of allylic oxidation sites excluding steroid dienone is 4. The molecule has 0 radical (unpaired) electrons. The number of aliphatic carboxylic acids is 1. The first-order valence-corrected chi connectivity index (χ1v) is 6.94. The van der Waals surface area contributed by atoms with E-state index in [1.165, 1.54) is 12.3 Å². The van der Waals surface area contributed by atoms with Crippen molar-refractivity contribution in [3.8, 4) is 5.75 Å². The molecule has 1 amide bonds. The van der Waals surface area contributed by atoms with Crippen molar-refractivity contribution in [3.05, 3.63) is 46.8 Å². The van der Waals surface area contributed by atoms with Crippen LogP contribution in [0, 0.1) is 0 Å². The van der Waals surface area contributed by atoms with Gasteiger partial charge < -0.3 is 15.5 Å². The lowest BCUT2D eigenvalue weighted by molar-refractivity contribution is -0.135. The third kappa shape index (κ3) is 3.12. The largest absolute Gasteiger partial charge is 0.505 e. The van der Waals surface area contributed by atoms with E-state index >= 15 is 0 Å². The summed E-state index contributed by atoms with van der Waals surface area (Å²) in [6, 6.07) is 1.43. The molecule has 2 rings (SSSR count). The van der Waals surface area contributed by atoms with Crippen molar-refractivity contribution in [1.82, 2.24) is 10.3 Å². The van der Waals surface area contributed by atoms with Crippen LogP contribution >= 0.6 is 11.6 Å². The zero-order valence-electron chi connectivity index (χ0n) is 11.8. The lowest BCUT2D eigenvalue weighted by Crippen LogP contribution is -2.30. The lowest BCUT2D eigenvalue weighted by atomic mass is 9.77. The van der Waals surface area contributed by atoms with E-state index in [2.05, 4.69) is 10.3 Å². The average Bonchev–Trinajstić information content (AvgIpc) is 2.47. The topological polar surface area (TPSA) is 99.5 Å². The predicted molar refractivity (Wildman–Crippen MR) is 80.9 cm³/mol. The second-order valence-electron chi connectivity index (χ2n) is 5.15. The van der Waals surface area contributed by atoms with E-state index in [0.717, 1.165) is 0 Å². The van der Waals surface area contributed by atoms with Crippen LogP contribution in [0.4, 0.5) is 0 Å². The van der Waals surface area contributed by atoms with E-state index in [1.54, 1.807) is 6.08 Å². The van der Waals surface area contributed by atoms with Crippen LogP contribution in [-0.2, 0) is 10.2 Å². The zero-order valence-corrected chi connectivity index (χ0v) is 12.6. The Bertz CT molecular complexity index is 684. The normalized spacial score (nSPS) is 20.4. The molecule has 6 nitrogen and oxygen atoms in total. The van der Waals surface area contributed by atoms with Gasteiger partial charge in [0, 0.05) is 16.6 Å². The second kappa shape index (κ2) is 6.19. The van der Waals surface area contributed by atoms with Crippen LogP contribution in [0.1, 0.15) is 29.4 Å². The first kappa shape index (κ1) is 16.0. The van der Waals surface area contributed by atoms with Crippen LogP contribution in [0.15, 0.2) is 35.5 Å². The summed E-state index contributed by atoms with van der Waals surface area (Å²) in [7, 11) is 0. The Morgan fingerprint density at radius 3 is 2.82 bits per heavy atom. The van der Waals surface area contributed by atoms with Gasteiger partial charge in [0.1, 0.15) is 12.3 Å². The molecule has 0 fully saturated rings. The van der Waals surface area contributed by atoms with E-state index in [9.17, 15) is 14.7 Å². The van der Waals surface area contributed by atoms with Gasteiger partial charge in [0.2, 0.25) is 0 Å². The summed E-state index contributed by atoms with van der Waals surface area (Å²) in [6.07, 6.45) is 7.69. The first-order chi connectivity index (χ1) is 10.3. The fourth-order valence-electron chi connectivity index (χ4n) is 2.16. The van der Waals surface area contributed by atoms with Crippen molar-refractivity contribution in [1.29, 1.82) is 0 Å². The van der Waals surface area contributed by atoms with Crippen LogP contribution < -0.4 is 5.32 Å². The van der Waals surface area contributed by atoms with Gasteiger partial charge in [0.25, 0.3) is 5.91 Å². The molecule has 7 heteroatoms. The highest BCUT2D eigenvalue weighted by molar-refractivity contribution is 6.31. The number of amides is 1. The van der Waals surface area contributed by atoms with Crippen molar-refractivity contribution >= 4 is 23.5 Å². The van der Waals surface area contributed by atoms with Gasteiger partial charge in [-0.25, -0.2) is 4.98 Å². The number of rotatable bonds is 4. The Kier molecular flexibility index (Phi) is 4.51. The number of nitrogens with one attached hydrogen (secondary N) is 1. The number of pyridine rings is 1. The van der Waals surface area contributed by atoms with Gasteiger partial charge in [-0.3, -0.25) is 9.59 Å². The third-order valence-electron chi connectivity index (χ3n) is 3.55. The number of aromatic hydroxyl groups is 1. The number of carbonyl (C=O) groups excluding carboxylic acids is 1. The van der Waals surface area contributed by atoms with Gasteiger partial charge in [0.05, 0.1) is 0 Å². The zero-order chi connectivity index (χ0) is 16.3. The SMILES string of the molecule is CC1(c2cnc(C(=O)NCC(=O)O)c(O)c2)CC=CC=C1Cl. The molecule has 0 spiro atoms. The van der Waals surface area contributed by atoms with Crippen molar-refractivity contribution < 1.29 is 19.8 Å². The molecule has 22 heavy (non-hydrogen) atoms. The van der Waals surface area contributed by atoms with E-state index in [-0.39, 0.29) is 11.4 Å². The predicted octanol–water partition coefficient (Wildman–Crippen LogP) is 1.94.